The number of ketones is 1. The van der Waals surface area contributed by atoms with Crippen LogP contribution in [0.15, 0.2) is 36.4 Å². The maximum absolute atomic E-state index is 13.2. The molecule has 1 aliphatic rings. The van der Waals surface area contributed by atoms with Gasteiger partial charge in [-0.1, -0.05) is 0 Å². The Morgan fingerprint density at radius 3 is 2.72 bits per heavy atom. The summed E-state index contributed by atoms with van der Waals surface area (Å²) in [6.45, 7) is 3.70. The van der Waals surface area contributed by atoms with Gasteiger partial charge in [0, 0.05) is 29.2 Å². The van der Waals surface area contributed by atoms with Crippen LogP contribution in [0.3, 0.4) is 0 Å². The molecule has 0 aromatic heterocycles. The Labute approximate surface area is 166 Å². The van der Waals surface area contributed by atoms with Crippen molar-refractivity contribution in [1.29, 1.82) is 0 Å². The lowest BCUT2D eigenvalue weighted by Gasteiger charge is -2.10. The molecule has 0 fully saturated rings. The van der Waals surface area contributed by atoms with E-state index in [-0.39, 0.29) is 11.7 Å². The second-order valence-corrected chi connectivity index (χ2v) is 6.56. The standard InChI is InChI=1S/C22H20F2O5/c1-3-27-20-11-16-8-13(2)29-21(16)10-15(20)5-7-22(26)28-12-19(25)14-4-6-17(23)18(24)9-14/h4-7,9-11,13H,3,8,12H2,1-2H3/b7-5+/t13-/m0/s1. The molecule has 0 unspecified atom stereocenters. The topological polar surface area (TPSA) is 61.8 Å². The summed E-state index contributed by atoms with van der Waals surface area (Å²) >= 11 is 0. The number of halogens is 2. The van der Waals surface area contributed by atoms with Crippen molar-refractivity contribution in [2.24, 2.45) is 0 Å². The molecule has 0 spiro atoms. The number of hydrogen-bond donors (Lipinski definition) is 0. The van der Waals surface area contributed by atoms with Gasteiger partial charge in [0.1, 0.15) is 17.6 Å². The van der Waals surface area contributed by atoms with Crippen LogP contribution in [-0.2, 0) is 16.0 Å². The quantitative estimate of drug-likeness (QED) is 0.396. The number of rotatable bonds is 7. The Morgan fingerprint density at radius 1 is 1.21 bits per heavy atom. The highest BCUT2D eigenvalue weighted by molar-refractivity contribution is 5.99. The van der Waals surface area contributed by atoms with Gasteiger partial charge in [-0.2, -0.15) is 0 Å². The van der Waals surface area contributed by atoms with Gasteiger partial charge < -0.3 is 14.2 Å². The van der Waals surface area contributed by atoms with E-state index in [0.717, 1.165) is 35.9 Å². The van der Waals surface area contributed by atoms with Crippen LogP contribution in [0, 0.1) is 11.6 Å². The van der Waals surface area contributed by atoms with E-state index in [1.165, 1.54) is 12.2 Å². The van der Waals surface area contributed by atoms with Crippen molar-refractivity contribution < 1.29 is 32.6 Å². The number of benzene rings is 2. The number of hydrogen-bond acceptors (Lipinski definition) is 5. The van der Waals surface area contributed by atoms with E-state index in [1.807, 2.05) is 19.9 Å². The predicted molar refractivity (Wildman–Crippen MR) is 102 cm³/mol. The van der Waals surface area contributed by atoms with Crippen LogP contribution in [0.1, 0.15) is 35.3 Å². The fourth-order valence-electron chi connectivity index (χ4n) is 2.96. The molecule has 0 aliphatic carbocycles. The lowest BCUT2D eigenvalue weighted by Crippen LogP contribution is -2.13. The lowest BCUT2D eigenvalue weighted by molar-refractivity contribution is -0.136. The number of Topliss-reactive ketones (excluding diaryl/α,β-unsaturated/α-hetero) is 1. The van der Waals surface area contributed by atoms with Crippen molar-refractivity contribution in [3.63, 3.8) is 0 Å². The Morgan fingerprint density at radius 2 is 2.00 bits per heavy atom. The van der Waals surface area contributed by atoms with Gasteiger partial charge in [-0.3, -0.25) is 4.79 Å². The molecule has 1 heterocycles. The van der Waals surface area contributed by atoms with Gasteiger partial charge in [0.05, 0.1) is 6.61 Å². The number of carbonyl (C=O) groups excluding carboxylic acids is 2. The molecule has 3 rings (SSSR count). The molecule has 2 aromatic rings. The Kier molecular flexibility index (Phi) is 6.26. The van der Waals surface area contributed by atoms with Gasteiger partial charge in [0.25, 0.3) is 0 Å². The molecule has 0 N–H and O–H groups in total. The highest BCUT2D eigenvalue weighted by Gasteiger charge is 2.21. The summed E-state index contributed by atoms with van der Waals surface area (Å²) in [7, 11) is 0. The third kappa shape index (κ3) is 4.99. The first-order valence-corrected chi connectivity index (χ1v) is 9.16. The maximum atomic E-state index is 13.2. The first kappa shape index (κ1) is 20.5. The third-order valence-electron chi connectivity index (χ3n) is 4.31. The minimum Gasteiger partial charge on any atom is -0.493 e. The normalized spacial score (nSPS) is 15.1. The molecule has 0 saturated carbocycles. The molecule has 0 radical (unpaired) electrons. The fourth-order valence-corrected chi connectivity index (χ4v) is 2.96. The van der Waals surface area contributed by atoms with Gasteiger partial charge in [0.2, 0.25) is 0 Å². The smallest absolute Gasteiger partial charge is 0.331 e. The zero-order valence-electron chi connectivity index (χ0n) is 16.0. The molecule has 29 heavy (non-hydrogen) atoms. The zero-order valence-corrected chi connectivity index (χ0v) is 16.0. The lowest BCUT2D eigenvalue weighted by atomic mass is 10.1. The molecule has 1 aliphatic heterocycles. The molecular weight excluding hydrogens is 382 g/mol. The first-order chi connectivity index (χ1) is 13.9. The van der Waals surface area contributed by atoms with Crippen LogP contribution in [0.5, 0.6) is 11.5 Å². The molecule has 0 saturated heterocycles. The number of fused-ring (bicyclic) bond motifs is 1. The molecule has 2 aromatic carbocycles. The summed E-state index contributed by atoms with van der Waals surface area (Å²) in [6, 6.07) is 6.42. The van der Waals surface area contributed by atoms with Gasteiger partial charge in [-0.25, -0.2) is 13.6 Å². The van der Waals surface area contributed by atoms with E-state index in [4.69, 9.17) is 14.2 Å². The number of esters is 1. The zero-order chi connectivity index (χ0) is 21.0. The molecule has 0 bridgehead atoms. The molecule has 1 atom stereocenters. The van der Waals surface area contributed by atoms with E-state index in [2.05, 4.69) is 0 Å². The van der Waals surface area contributed by atoms with Crippen LogP contribution in [-0.4, -0.2) is 31.1 Å². The summed E-state index contributed by atoms with van der Waals surface area (Å²) in [6.07, 6.45) is 3.54. The average molecular weight is 402 g/mol. The molecule has 5 nitrogen and oxygen atoms in total. The van der Waals surface area contributed by atoms with Crippen LogP contribution in [0.4, 0.5) is 8.78 Å². The average Bonchev–Trinajstić information content (AvgIpc) is 3.05. The van der Waals surface area contributed by atoms with Gasteiger partial charge >= 0.3 is 5.97 Å². The van der Waals surface area contributed by atoms with Crippen molar-refractivity contribution in [2.45, 2.75) is 26.4 Å². The first-order valence-electron chi connectivity index (χ1n) is 9.16. The third-order valence-corrected chi connectivity index (χ3v) is 4.31. The van der Waals surface area contributed by atoms with Crippen molar-refractivity contribution in [3.8, 4) is 11.5 Å². The summed E-state index contributed by atoms with van der Waals surface area (Å²) in [5.74, 6) is -2.23. The molecule has 7 heteroatoms. The van der Waals surface area contributed by atoms with E-state index in [0.29, 0.717) is 17.9 Å². The molecule has 152 valence electrons. The van der Waals surface area contributed by atoms with E-state index in [9.17, 15) is 18.4 Å². The molecular formula is C22H20F2O5. The van der Waals surface area contributed by atoms with E-state index < -0.39 is 30.0 Å². The summed E-state index contributed by atoms with van der Waals surface area (Å²) in [5.41, 5.74) is 1.60. The minimum absolute atomic E-state index is 0.0750. The van der Waals surface area contributed by atoms with Crippen LogP contribution >= 0.6 is 0 Å². The monoisotopic (exact) mass is 402 g/mol. The highest BCUT2D eigenvalue weighted by Crippen LogP contribution is 2.35. The van der Waals surface area contributed by atoms with Crippen molar-refractivity contribution >= 4 is 17.8 Å². The summed E-state index contributed by atoms with van der Waals surface area (Å²) < 4.78 is 42.4. The van der Waals surface area contributed by atoms with Gasteiger partial charge in [0.15, 0.2) is 24.0 Å². The predicted octanol–water partition coefficient (Wildman–Crippen LogP) is 4.13. The van der Waals surface area contributed by atoms with Crippen molar-refractivity contribution in [3.05, 3.63) is 64.7 Å². The molecule has 0 amide bonds. The van der Waals surface area contributed by atoms with Gasteiger partial charge in [-0.15, -0.1) is 0 Å². The van der Waals surface area contributed by atoms with Crippen molar-refractivity contribution in [1.82, 2.24) is 0 Å². The SMILES string of the molecule is CCOc1cc2c(cc1/C=C/C(=O)OCC(=O)c1ccc(F)c(F)c1)O[C@@H](C)C2. The number of ether oxygens (including phenoxy) is 3. The second-order valence-electron chi connectivity index (χ2n) is 6.56. The van der Waals surface area contributed by atoms with Gasteiger partial charge in [-0.05, 0) is 50.3 Å². The fraction of sp³-hybridized carbons (Fsp3) is 0.273. The Balaban J connectivity index is 1.65. The van der Waals surface area contributed by atoms with Crippen molar-refractivity contribution in [2.75, 3.05) is 13.2 Å². The van der Waals surface area contributed by atoms with E-state index >= 15 is 0 Å². The van der Waals surface area contributed by atoms with Crippen LogP contribution < -0.4 is 9.47 Å². The number of carbonyl (C=O) groups is 2. The Hall–Kier alpha value is -3.22. The van der Waals surface area contributed by atoms with Crippen LogP contribution in [0.2, 0.25) is 0 Å². The second kappa shape index (κ2) is 8.86. The minimum atomic E-state index is -1.14. The largest absolute Gasteiger partial charge is 0.493 e. The summed E-state index contributed by atoms with van der Waals surface area (Å²) in [5, 5.41) is 0. The Bertz CT molecular complexity index is 968. The summed E-state index contributed by atoms with van der Waals surface area (Å²) in [4.78, 5) is 23.9. The van der Waals surface area contributed by atoms with Crippen LogP contribution in [0.25, 0.3) is 6.08 Å². The maximum Gasteiger partial charge on any atom is 0.331 e. The highest BCUT2D eigenvalue weighted by atomic mass is 19.2. The van der Waals surface area contributed by atoms with E-state index in [1.54, 1.807) is 6.07 Å².